The second kappa shape index (κ2) is 6.52. The summed E-state index contributed by atoms with van der Waals surface area (Å²) in [6.45, 7) is 1.90. The number of aliphatic carboxylic acids is 1. The van der Waals surface area contributed by atoms with Crippen molar-refractivity contribution in [2.45, 2.75) is 30.7 Å². The Balaban J connectivity index is 0.000000261. The van der Waals surface area contributed by atoms with Crippen molar-refractivity contribution in [1.82, 2.24) is 0 Å². The van der Waals surface area contributed by atoms with E-state index >= 15 is 0 Å². The quantitative estimate of drug-likeness (QED) is 0.681. The predicted molar refractivity (Wildman–Crippen MR) is 47.8 cm³/mol. The minimum atomic E-state index is -0.833. The van der Waals surface area contributed by atoms with Crippen molar-refractivity contribution in [3.63, 3.8) is 0 Å². The number of carboxylic acid groups (broad SMARTS) is 1. The lowest BCUT2D eigenvalue weighted by Crippen LogP contribution is -2.13. The smallest absolute Gasteiger partial charge is 0.300 e. The minimum Gasteiger partial charge on any atom is -0.481 e. The molecule has 0 aromatic heterocycles. The molecule has 1 aliphatic rings. The molecule has 0 spiro atoms. The number of hydrogen-bond acceptors (Lipinski definition) is 2. The van der Waals surface area contributed by atoms with Gasteiger partial charge in [-0.1, -0.05) is 0 Å². The lowest BCUT2D eigenvalue weighted by Gasteiger charge is -2.07. The molecule has 1 heterocycles. The zero-order valence-corrected chi connectivity index (χ0v) is 8.31. The highest BCUT2D eigenvalue weighted by Gasteiger charge is 2.21. The van der Waals surface area contributed by atoms with Crippen LogP contribution in [0, 0.1) is 0 Å². The van der Waals surface area contributed by atoms with Gasteiger partial charge in [0.15, 0.2) is 0 Å². The number of carbonyl (C=O) groups is 1. The van der Waals surface area contributed by atoms with E-state index in [9.17, 15) is 0 Å². The molecule has 1 fully saturated rings. The minimum absolute atomic E-state index is 0.0957. The molecular formula is C7H12Cl2O3. The van der Waals surface area contributed by atoms with E-state index in [0.717, 1.165) is 26.4 Å². The van der Waals surface area contributed by atoms with Gasteiger partial charge in [-0.25, -0.2) is 0 Å². The SMILES string of the molecule is CC(=O)O.ClC(Cl)C1CCCO1. The van der Waals surface area contributed by atoms with Gasteiger partial charge in [0.1, 0.15) is 4.84 Å². The van der Waals surface area contributed by atoms with Crippen LogP contribution in [0.2, 0.25) is 0 Å². The summed E-state index contributed by atoms with van der Waals surface area (Å²) >= 11 is 11.0. The Morgan fingerprint density at radius 1 is 1.67 bits per heavy atom. The number of halogens is 2. The summed E-state index contributed by atoms with van der Waals surface area (Å²) in [5.74, 6) is -0.833. The van der Waals surface area contributed by atoms with Gasteiger partial charge in [0.25, 0.3) is 5.97 Å². The molecular weight excluding hydrogens is 203 g/mol. The summed E-state index contributed by atoms with van der Waals surface area (Å²) < 4.78 is 5.15. The van der Waals surface area contributed by atoms with Crippen LogP contribution in [-0.2, 0) is 9.53 Å². The molecule has 0 radical (unpaired) electrons. The predicted octanol–water partition coefficient (Wildman–Crippen LogP) is 2.06. The maximum atomic E-state index is 9.00. The fourth-order valence-corrected chi connectivity index (χ4v) is 1.20. The average molecular weight is 215 g/mol. The summed E-state index contributed by atoms with van der Waals surface area (Å²) in [7, 11) is 0. The zero-order chi connectivity index (χ0) is 9.56. The second-order valence-corrected chi connectivity index (χ2v) is 3.57. The first-order valence-electron chi connectivity index (χ1n) is 3.63. The Labute approximate surface area is 81.6 Å². The van der Waals surface area contributed by atoms with Crippen LogP contribution in [0.3, 0.4) is 0 Å². The van der Waals surface area contributed by atoms with Crippen molar-refractivity contribution >= 4 is 29.2 Å². The van der Waals surface area contributed by atoms with Crippen molar-refractivity contribution in [2.75, 3.05) is 6.61 Å². The Bertz CT molecular complexity index is 129. The number of alkyl halides is 2. The molecule has 1 saturated heterocycles. The van der Waals surface area contributed by atoms with E-state index in [1.54, 1.807) is 0 Å². The molecule has 1 rings (SSSR count). The molecule has 0 aliphatic carbocycles. The van der Waals surface area contributed by atoms with Gasteiger partial charge in [-0.05, 0) is 12.8 Å². The van der Waals surface area contributed by atoms with Crippen LogP contribution in [0.25, 0.3) is 0 Å². The van der Waals surface area contributed by atoms with Crippen molar-refractivity contribution in [2.24, 2.45) is 0 Å². The van der Waals surface area contributed by atoms with Crippen molar-refractivity contribution in [3.8, 4) is 0 Å². The van der Waals surface area contributed by atoms with Crippen LogP contribution in [0.15, 0.2) is 0 Å². The summed E-state index contributed by atoms with van der Waals surface area (Å²) in [6, 6.07) is 0. The fraction of sp³-hybridized carbons (Fsp3) is 0.857. The highest BCUT2D eigenvalue weighted by Crippen LogP contribution is 2.21. The molecule has 1 atom stereocenters. The first-order valence-corrected chi connectivity index (χ1v) is 4.50. The third-order valence-electron chi connectivity index (χ3n) is 1.25. The highest BCUT2D eigenvalue weighted by molar-refractivity contribution is 6.44. The van der Waals surface area contributed by atoms with Gasteiger partial charge < -0.3 is 9.84 Å². The zero-order valence-electron chi connectivity index (χ0n) is 6.80. The molecule has 1 N–H and O–H groups in total. The van der Waals surface area contributed by atoms with Crippen molar-refractivity contribution in [1.29, 1.82) is 0 Å². The first kappa shape index (κ1) is 12.0. The van der Waals surface area contributed by atoms with Gasteiger partial charge in [-0.2, -0.15) is 0 Å². The van der Waals surface area contributed by atoms with Gasteiger partial charge in [0, 0.05) is 13.5 Å². The summed E-state index contributed by atoms with van der Waals surface area (Å²) in [4.78, 5) is 8.66. The Hall–Kier alpha value is 0.01000. The largest absolute Gasteiger partial charge is 0.481 e. The van der Waals surface area contributed by atoms with E-state index in [4.69, 9.17) is 37.8 Å². The lowest BCUT2D eigenvalue weighted by atomic mass is 10.3. The summed E-state index contributed by atoms with van der Waals surface area (Å²) in [6.07, 6.45) is 2.21. The van der Waals surface area contributed by atoms with Crippen molar-refractivity contribution in [3.05, 3.63) is 0 Å². The van der Waals surface area contributed by atoms with E-state index in [-0.39, 0.29) is 10.9 Å². The van der Waals surface area contributed by atoms with E-state index in [0.29, 0.717) is 0 Å². The van der Waals surface area contributed by atoms with Crippen LogP contribution in [0.5, 0.6) is 0 Å². The van der Waals surface area contributed by atoms with Gasteiger partial charge in [-0.15, -0.1) is 23.2 Å². The molecule has 5 heteroatoms. The molecule has 0 aromatic rings. The number of carboxylic acids is 1. The topological polar surface area (TPSA) is 46.5 Å². The van der Waals surface area contributed by atoms with Gasteiger partial charge in [-0.3, -0.25) is 4.79 Å². The molecule has 12 heavy (non-hydrogen) atoms. The molecule has 72 valence electrons. The third kappa shape index (κ3) is 6.70. The molecule has 0 saturated carbocycles. The summed E-state index contributed by atoms with van der Waals surface area (Å²) in [5.41, 5.74) is 0. The van der Waals surface area contributed by atoms with Gasteiger partial charge in [0.2, 0.25) is 0 Å². The molecule has 1 aliphatic heterocycles. The van der Waals surface area contributed by atoms with Crippen LogP contribution >= 0.6 is 23.2 Å². The first-order chi connectivity index (χ1) is 5.54. The third-order valence-corrected chi connectivity index (χ3v) is 1.81. The molecule has 0 bridgehead atoms. The molecule has 0 aromatic carbocycles. The van der Waals surface area contributed by atoms with Crippen molar-refractivity contribution < 1.29 is 14.6 Å². The van der Waals surface area contributed by atoms with Gasteiger partial charge >= 0.3 is 0 Å². The highest BCUT2D eigenvalue weighted by atomic mass is 35.5. The van der Waals surface area contributed by atoms with E-state index in [1.807, 2.05) is 0 Å². The van der Waals surface area contributed by atoms with E-state index in [2.05, 4.69) is 0 Å². The molecule has 3 nitrogen and oxygen atoms in total. The molecule has 1 unspecified atom stereocenters. The van der Waals surface area contributed by atoms with E-state index in [1.165, 1.54) is 0 Å². The van der Waals surface area contributed by atoms with Crippen LogP contribution in [0.1, 0.15) is 19.8 Å². The normalized spacial score (nSPS) is 21.8. The number of ether oxygens (including phenoxy) is 1. The monoisotopic (exact) mass is 214 g/mol. The number of rotatable bonds is 1. The van der Waals surface area contributed by atoms with Crippen LogP contribution in [0.4, 0.5) is 0 Å². The standard InChI is InChI=1S/C5H8Cl2O.C2H4O2/c6-5(7)4-2-1-3-8-4;1-2(3)4/h4-5H,1-3H2;1H3,(H,3,4). The van der Waals surface area contributed by atoms with Gasteiger partial charge in [0.05, 0.1) is 6.10 Å². The average Bonchev–Trinajstić information content (AvgIpc) is 2.34. The number of hydrogen-bond donors (Lipinski definition) is 1. The maximum Gasteiger partial charge on any atom is 0.300 e. The Morgan fingerprint density at radius 3 is 2.33 bits per heavy atom. The Morgan fingerprint density at radius 2 is 2.17 bits per heavy atom. The molecule has 0 amide bonds. The van der Waals surface area contributed by atoms with E-state index < -0.39 is 5.97 Å². The van der Waals surface area contributed by atoms with Crippen LogP contribution < -0.4 is 0 Å². The maximum absolute atomic E-state index is 9.00. The van der Waals surface area contributed by atoms with Crippen LogP contribution in [-0.4, -0.2) is 28.6 Å². The Kier molecular flexibility index (Phi) is 6.52. The summed E-state index contributed by atoms with van der Waals surface area (Å²) in [5, 5.41) is 7.42. The fourth-order valence-electron chi connectivity index (χ4n) is 0.801. The second-order valence-electron chi connectivity index (χ2n) is 2.40. The lowest BCUT2D eigenvalue weighted by molar-refractivity contribution is -0.134.